The number of amides is 2. The van der Waals surface area contributed by atoms with Gasteiger partial charge in [0.1, 0.15) is 11.5 Å². The number of hydrazone groups is 1. The second-order valence-electron chi connectivity index (χ2n) is 5.72. The molecular weight excluding hydrogens is 285 g/mol. The first-order valence-corrected chi connectivity index (χ1v) is 7.54. The average molecular weight is 303 g/mol. The fourth-order valence-corrected chi connectivity index (χ4v) is 3.00. The maximum absolute atomic E-state index is 13.0. The largest absolute Gasteiger partial charge is 0.334 e. The number of likely N-dealkylation sites (tertiary alicyclic amines) is 1. The molecule has 0 spiro atoms. The summed E-state index contributed by atoms with van der Waals surface area (Å²) in [7, 11) is 0. The van der Waals surface area contributed by atoms with Crippen LogP contribution in [0.25, 0.3) is 0 Å². The molecule has 2 aliphatic rings. The topological polar surface area (TPSA) is 61.8 Å². The maximum atomic E-state index is 13.0. The highest BCUT2D eigenvalue weighted by Gasteiger charge is 2.32. The van der Waals surface area contributed by atoms with E-state index in [-0.39, 0.29) is 23.7 Å². The molecule has 6 heteroatoms. The number of carbonyl (C=O) groups excluding carboxylic acids is 2. The molecule has 2 amide bonds. The van der Waals surface area contributed by atoms with Crippen molar-refractivity contribution in [1.29, 1.82) is 0 Å². The molecule has 1 aromatic carbocycles. The van der Waals surface area contributed by atoms with Crippen LogP contribution in [-0.4, -0.2) is 35.0 Å². The van der Waals surface area contributed by atoms with Gasteiger partial charge in [0.05, 0.1) is 0 Å². The molecule has 0 aliphatic carbocycles. The van der Waals surface area contributed by atoms with Gasteiger partial charge < -0.3 is 4.90 Å². The Kier molecular flexibility index (Phi) is 4.18. The van der Waals surface area contributed by atoms with E-state index in [0.717, 1.165) is 18.4 Å². The summed E-state index contributed by atoms with van der Waals surface area (Å²) in [6.07, 6.45) is 3.30. The highest BCUT2D eigenvalue weighted by molar-refractivity contribution is 6.39. The number of hydrogen-bond donors (Lipinski definition) is 1. The van der Waals surface area contributed by atoms with Crippen LogP contribution in [0.3, 0.4) is 0 Å². The van der Waals surface area contributed by atoms with Crippen LogP contribution in [-0.2, 0) is 16.0 Å². The number of nitrogens with zero attached hydrogens (tertiary/aromatic N) is 2. The van der Waals surface area contributed by atoms with Crippen molar-refractivity contribution in [2.75, 3.05) is 6.54 Å². The summed E-state index contributed by atoms with van der Waals surface area (Å²) < 4.78 is 13.0. The van der Waals surface area contributed by atoms with Crippen LogP contribution in [0.5, 0.6) is 0 Å². The average Bonchev–Trinajstić information content (AvgIpc) is 2.98. The number of nitrogens with one attached hydrogen (secondary N) is 1. The van der Waals surface area contributed by atoms with Crippen molar-refractivity contribution in [2.24, 2.45) is 5.10 Å². The number of benzene rings is 1. The molecule has 0 bridgehead atoms. The summed E-state index contributed by atoms with van der Waals surface area (Å²) in [5.74, 6) is -0.499. The van der Waals surface area contributed by atoms with Gasteiger partial charge in [-0.05, 0) is 37.0 Å². The van der Waals surface area contributed by atoms with Crippen LogP contribution < -0.4 is 5.43 Å². The molecule has 3 rings (SSSR count). The molecule has 1 aromatic rings. The van der Waals surface area contributed by atoms with Gasteiger partial charge in [0, 0.05) is 25.4 Å². The van der Waals surface area contributed by atoms with Gasteiger partial charge in [-0.25, -0.2) is 9.82 Å². The lowest BCUT2D eigenvalue weighted by molar-refractivity contribution is -0.125. The third kappa shape index (κ3) is 3.16. The summed E-state index contributed by atoms with van der Waals surface area (Å²) in [5, 5.41) is 3.88. The van der Waals surface area contributed by atoms with Crippen molar-refractivity contribution in [3.8, 4) is 0 Å². The fourth-order valence-electron chi connectivity index (χ4n) is 3.00. The van der Waals surface area contributed by atoms with Crippen molar-refractivity contribution in [3.63, 3.8) is 0 Å². The van der Waals surface area contributed by atoms with Crippen LogP contribution in [0.4, 0.5) is 4.39 Å². The minimum atomic E-state index is -0.254. The lowest BCUT2D eigenvalue weighted by Crippen LogP contribution is -2.43. The van der Waals surface area contributed by atoms with E-state index < -0.39 is 0 Å². The number of halogens is 1. The molecule has 2 aliphatic heterocycles. The Morgan fingerprint density at radius 1 is 1.32 bits per heavy atom. The van der Waals surface area contributed by atoms with E-state index in [0.29, 0.717) is 31.5 Å². The van der Waals surface area contributed by atoms with Crippen LogP contribution in [0.1, 0.15) is 31.2 Å². The van der Waals surface area contributed by atoms with E-state index in [4.69, 9.17) is 0 Å². The quantitative estimate of drug-likeness (QED) is 0.922. The van der Waals surface area contributed by atoms with Gasteiger partial charge in [0.2, 0.25) is 5.91 Å². The molecule has 0 saturated carbocycles. The van der Waals surface area contributed by atoms with Gasteiger partial charge in [0.15, 0.2) is 0 Å². The van der Waals surface area contributed by atoms with Gasteiger partial charge >= 0.3 is 0 Å². The smallest absolute Gasteiger partial charge is 0.270 e. The van der Waals surface area contributed by atoms with E-state index in [1.165, 1.54) is 12.1 Å². The molecule has 22 heavy (non-hydrogen) atoms. The van der Waals surface area contributed by atoms with Crippen molar-refractivity contribution in [2.45, 2.75) is 38.1 Å². The highest BCUT2D eigenvalue weighted by atomic mass is 19.1. The monoisotopic (exact) mass is 303 g/mol. The van der Waals surface area contributed by atoms with Crippen molar-refractivity contribution < 1.29 is 14.0 Å². The molecule has 116 valence electrons. The van der Waals surface area contributed by atoms with Gasteiger partial charge in [-0.2, -0.15) is 5.10 Å². The van der Waals surface area contributed by atoms with Crippen molar-refractivity contribution >= 4 is 17.5 Å². The third-order valence-corrected chi connectivity index (χ3v) is 4.17. The molecule has 1 fully saturated rings. The minimum Gasteiger partial charge on any atom is -0.334 e. The number of rotatable bonds is 3. The van der Waals surface area contributed by atoms with Gasteiger partial charge in [-0.15, -0.1) is 0 Å². The standard InChI is InChI=1S/C16H18FN3O2/c17-12-5-3-11(4-6-12)10-13-2-1-9-20(13)16(22)14-7-8-15(21)19-18-14/h3-6,13H,1-2,7-10H2,(H,19,21). The van der Waals surface area contributed by atoms with Crippen LogP contribution in [0.15, 0.2) is 29.4 Å². The molecule has 1 atom stereocenters. The second kappa shape index (κ2) is 6.25. The predicted molar refractivity (Wildman–Crippen MR) is 79.7 cm³/mol. The molecule has 1 unspecified atom stereocenters. The van der Waals surface area contributed by atoms with Crippen LogP contribution in [0.2, 0.25) is 0 Å². The predicted octanol–water partition coefficient (Wildman–Crippen LogP) is 1.63. The molecule has 0 radical (unpaired) electrons. The first-order chi connectivity index (χ1) is 10.6. The van der Waals surface area contributed by atoms with Gasteiger partial charge in [-0.1, -0.05) is 12.1 Å². The van der Waals surface area contributed by atoms with Gasteiger partial charge in [-0.3, -0.25) is 9.59 Å². The summed E-state index contributed by atoms with van der Waals surface area (Å²) in [6, 6.07) is 6.51. The van der Waals surface area contributed by atoms with E-state index >= 15 is 0 Å². The van der Waals surface area contributed by atoms with Crippen molar-refractivity contribution in [1.82, 2.24) is 10.3 Å². The molecular formula is C16H18FN3O2. The summed E-state index contributed by atoms with van der Waals surface area (Å²) >= 11 is 0. The second-order valence-corrected chi connectivity index (χ2v) is 5.72. The van der Waals surface area contributed by atoms with Crippen LogP contribution in [0, 0.1) is 5.82 Å². The Morgan fingerprint density at radius 2 is 2.09 bits per heavy atom. The number of carbonyl (C=O) groups is 2. The first-order valence-electron chi connectivity index (χ1n) is 7.54. The molecule has 2 heterocycles. The van der Waals surface area contributed by atoms with Gasteiger partial charge in [0.25, 0.3) is 5.91 Å². The summed E-state index contributed by atoms with van der Waals surface area (Å²) in [5.41, 5.74) is 3.81. The molecule has 5 nitrogen and oxygen atoms in total. The molecule has 0 aromatic heterocycles. The van der Waals surface area contributed by atoms with E-state index in [1.54, 1.807) is 12.1 Å². The Labute approximate surface area is 128 Å². The zero-order valence-corrected chi connectivity index (χ0v) is 12.2. The Hall–Kier alpha value is -2.24. The zero-order chi connectivity index (χ0) is 15.5. The minimum absolute atomic E-state index is 0.0930. The summed E-state index contributed by atoms with van der Waals surface area (Å²) in [6.45, 7) is 0.706. The SMILES string of the molecule is O=C1CCC(C(=O)N2CCCC2Cc2ccc(F)cc2)=NN1. The lowest BCUT2D eigenvalue weighted by Gasteiger charge is -2.26. The first kappa shape index (κ1) is 14.7. The molecule has 1 N–H and O–H groups in total. The zero-order valence-electron chi connectivity index (χ0n) is 12.2. The number of hydrogen-bond acceptors (Lipinski definition) is 3. The van der Waals surface area contributed by atoms with E-state index in [2.05, 4.69) is 10.5 Å². The third-order valence-electron chi connectivity index (χ3n) is 4.17. The maximum Gasteiger partial charge on any atom is 0.270 e. The normalized spacial score (nSPS) is 21.5. The Balaban J connectivity index is 1.68. The van der Waals surface area contributed by atoms with Crippen molar-refractivity contribution in [3.05, 3.63) is 35.6 Å². The van der Waals surface area contributed by atoms with Crippen LogP contribution >= 0.6 is 0 Å². The van der Waals surface area contributed by atoms with E-state index in [9.17, 15) is 14.0 Å². The molecule has 1 saturated heterocycles. The highest BCUT2D eigenvalue weighted by Crippen LogP contribution is 2.22. The summed E-state index contributed by atoms with van der Waals surface area (Å²) in [4.78, 5) is 25.5. The van der Waals surface area contributed by atoms with E-state index in [1.807, 2.05) is 4.90 Å². The lowest BCUT2D eigenvalue weighted by atomic mass is 10.0. The fraction of sp³-hybridized carbons (Fsp3) is 0.438. The Bertz CT molecular complexity index is 612. The Morgan fingerprint density at radius 3 is 2.77 bits per heavy atom.